The van der Waals surface area contributed by atoms with E-state index in [0.717, 1.165) is 19.5 Å². The molecule has 2 atom stereocenters. The molecular formula is C15H21N3O2. The van der Waals surface area contributed by atoms with Crippen LogP contribution in [0.3, 0.4) is 0 Å². The number of carbonyl (C=O) groups excluding carboxylic acids is 2. The van der Waals surface area contributed by atoms with Gasteiger partial charge in [0, 0.05) is 24.3 Å². The van der Waals surface area contributed by atoms with Gasteiger partial charge in [-0.3, -0.25) is 4.79 Å². The van der Waals surface area contributed by atoms with Gasteiger partial charge in [-0.25, -0.2) is 4.79 Å². The molecule has 20 heavy (non-hydrogen) atoms. The van der Waals surface area contributed by atoms with Gasteiger partial charge in [0.15, 0.2) is 0 Å². The second kappa shape index (κ2) is 5.94. The van der Waals surface area contributed by atoms with E-state index in [-0.39, 0.29) is 6.03 Å². The van der Waals surface area contributed by atoms with Gasteiger partial charge in [-0.05, 0) is 42.5 Å². The van der Waals surface area contributed by atoms with Crippen molar-refractivity contribution in [1.29, 1.82) is 0 Å². The smallest absolute Gasteiger partial charge is 0.321 e. The maximum Gasteiger partial charge on any atom is 0.321 e. The summed E-state index contributed by atoms with van der Waals surface area (Å²) in [4.78, 5) is 25.0. The van der Waals surface area contributed by atoms with Crippen LogP contribution in [0.15, 0.2) is 24.3 Å². The van der Waals surface area contributed by atoms with Crippen molar-refractivity contribution in [3.05, 3.63) is 29.8 Å². The molecule has 2 rings (SSSR count). The minimum absolute atomic E-state index is 0.0878. The molecule has 1 aliphatic rings. The molecule has 0 spiro atoms. The first kappa shape index (κ1) is 14.4. The molecule has 0 aromatic heterocycles. The van der Waals surface area contributed by atoms with Crippen LogP contribution in [0.25, 0.3) is 0 Å². The second-order valence-corrected chi connectivity index (χ2v) is 5.72. The number of piperidine rings is 1. The summed E-state index contributed by atoms with van der Waals surface area (Å²) in [5, 5.41) is 2.85. The Kier molecular flexibility index (Phi) is 4.27. The molecule has 0 radical (unpaired) electrons. The second-order valence-electron chi connectivity index (χ2n) is 5.72. The first-order chi connectivity index (χ1) is 9.45. The predicted octanol–water partition coefficient (Wildman–Crippen LogP) is 2.30. The van der Waals surface area contributed by atoms with Crippen molar-refractivity contribution >= 4 is 17.6 Å². The maximum absolute atomic E-state index is 12.2. The number of hydrogen-bond donors (Lipinski definition) is 2. The largest absolute Gasteiger partial charge is 0.366 e. The van der Waals surface area contributed by atoms with Gasteiger partial charge in [-0.2, -0.15) is 0 Å². The zero-order chi connectivity index (χ0) is 14.7. The number of rotatable bonds is 2. The average Bonchev–Trinajstić information content (AvgIpc) is 2.38. The van der Waals surface area contributed by atoms with Crippen LogP contribution in [0.2, 0.25) is 0 Å². The highest BCUT2D eigenvalue weighted by Crippen LogP contribution is 2.21. The standard InChI is InChI=1S/C15H21N3O2/c1-10-7-11(2)9-18(8-10)15(20)17-13-5-3-12(4-6-13)14(16)19/h3-6,10-11H,7-9H2,1-2H3,(H2,16,19)(H,17,20). The lowest BCUT2D eigenvalue weighted by Gasteiger charge is -2.34. The van der Waals surface area contributed by atoms with Crippen molar-refractivity contribution in [2.24, 2.45) is 17.6 Å². The van der Waals surface area contributed by atoms with Gasteiger partial charge in [0.05, 0.1) is 0 Å². The van der Waals surface area contributed by atoms with Crippen molar-refractivity contribution in [3.63, 3.8) is 0 Å². The highest BCUT2D eigenvalue weighted by molar-refractivity contribution is 5.94. The lowest BCUT2D eigenvalue weighted by molar-refractivity contribution is 0.100. The number of carbonyl (C=O) groups is 2. The van der Waals surface area contributed by atoms with Crippen LogP contribution in [0.5, 0.6) is 0 Å². The fourth-order valence-electron chi connectivity index (χ4n) is 2.75. The summed E-state index contributed by atoms with van der Waals surface area (Å²) in [6.45, 7) is 5.90. The molecule has 0 saturated carbocycles. The van der Waals surface area contributed by atoms with Crippen LogP contribution >= 0.6 is 0 Å². The van der Waals surface area contributed by atoms with Crippen molar-refractivity contribution in [3.8, 4) is 0 Å². The van der Waals surface area contributed by atoms with Gasteiger partial charge >= 0.3 is 6.03 Å². The Morgan fingerprint density at radius 1 is 1.15 bits per heavy atom. The molecule has 0 bridgehead atoms. The molecule has 2 unspecified atom stereocenters. The Morgan fingerprint density at radius 3 is 2.20 bits per heavy atom. The predicted molar refractivity (Wildman–Crippen MR) is 78.5 cm³/mol. The van der Waals surface area contributed by atoms with E-state index in [1.807, 2.05) is 4.90 Å². The van der Waals surface area contributed by atoms with Gasteiger partial charge in [0.25, 0.3) is 0 Å². The van der Waals surface area contributed by atoms with Crippen molar-refractivity contribution < 1.29 is 9.59 Å². The number of benzene rings is 1. The Hall–Kier alpha value is -2.04. The molecule has 0 aliphatic carbocycles. The molecule has 1 aromatic rings. The number of nitrogens with one attached hydrogen (secondary N) is 1. The lowest BCUT2D eigenvalue weighted by Crippen LogP contribution is -2.44. The van der Waals surface area contributed by atoms with E-state index < -0.39 is 5.91 Å². The highest BCUT2D eigenvalue weighted by atomic mass is 16.2. The van der Waals surface area contributed by atoms with Crippen LogP contribution in [0.4, 0.5) is 10.5 Å². The summed E-state index contributed by atoms with van der Waals surface area (Å²) in [6, 6.07) is 6.51. The van der Waals surface area contributed by atoms with Crippen molar-refractivity contribution in [2.45, 2.75) is 20.3 Å². The third-order valence-corrected chi connectivity index (χ3v) is 3.58. The molecular weight excluding hydrogens is 254 g/mol. The maximum atomic E-state index is 12.2. The monoisotopic (exact) mass is 275 g/mol. The van der Waals surface area contributed by atoms with E-state index in [1.165, 1.54) is 0 Å². The Labute approximate surface area is 119 Å². The zero-order valence-corrected chi connectivity index (χ0v) is 11.9. The molecule has 3 N–H and O–H groups in total. The third kappa shape index (κ3) is 3.50. The Bertz CT molecular complexity index is 488. The highest BCUT2D eigenvalue weighted by Gasteiger charge is 2.25. The molecule has 5 heteroatoms. The molecule has 1 heterocycles. The average molecular weight is 275 g/mol. The van der Waals surface area contributed by atoms with Gasteiger partial charge in [-0.15, -0.1) is 0 Å². The van der Waals surface area contributed by atoms with Gasteiger partial charge < -0.3 is 16.0 Å². The summed E-state index contributed by atoms with van der Waals surface area (Å²) in [5.74, 6) is 0.588. The van der Waals surface area contributed by atoms with E-state index in [9.17, 15) is 9.59 Å². The first-order valence-electron chi connectivity index (χ1n) is 6.91. The summed E-state index contributed by atoms with van der Waals surface area (Å²) >= 11 is 0. The minimum atomic E-state index is -0.471. The number of hydrogen-bond acceptors (Lipinski definition) is 2. The van der Waals surface area contributed by atoms with Crippen molar-refractivity contribution in [1.82, 2.24) is 4.90 Å². The van der Waals surface area contributed by atoms with Crippen LogP contribution < -0.4 is 11.1 Å². The minimum Gasteiger partial charge on any atom is -0.366 e. The molecule has 1 aliphatic heterocycles. The lowest BCUT2D eigenvalue weighted by atomic mass is 9.92. The number of likely N-dealkylation sites (tertiary alicyclic amines) is 1. The summed E-state index contributed by atoms with van der Waals surface area (Å²) < 4.78 is 0. The number of primary amides is 1. The summed E-state index contributed by atoms with van der Waals surface area (Å²) in [7, 11) is 0. The van der Waals surface area contributed by atoms with E-state index in [4.69, 9.17) is 5.73 Å². The zero-order valence-electron chi connectivity index (χ0n) is 11.9. The molecule has 1 saturated heterocycles. The first-order valence-corrected chi connectivity index (χ1v) is 6.91. The number of amides is 3. The number of urea groups is 1. The fraction of sp³-hybridized carbons (Fsp3) is 0.467. The fourth-order valence-corrected chi connectivity index (χ4v) is 2.75. The van der Waals surface area contributed by atoms with E-state index in [2.05, 4.69) is 19.2 Å². The normalized spacial score (nSPS) is 22.4. The molecule has 1 aromatic carbocycles. The van der Waals surface area contributed by atoms with Crippen LogP contribution in [0.1, 0.15) is 30.6 Å². The molecule has 3 amide bonds. The van der Waals surface area contributed by atoms with Gasteiger partial charge in [-0.1, -0.05) is 13.8 Å². The van der Waals surface area contributed by atoms with Crippen molar-refractivity contribution in [2.75, 3.05) is 18.4 Å². The van der Waals surface area contributed by atoms with Gasteiger partial charge in [0.2, 0.25) is 5.91 Å². The molecule has 108 valence electrons. The number of nitrogens with zero attached hydrogens (tertiary/aromatic N) is 1. The number of nitrogens with two attached hydrogens (primary N) is 1. The third-order valence-electron chi connectivity index (χ3n) is 3.58. The van der Waals surface area contributed by atoms with Crippen LogP contribution in [-0.2, 0) is 0 Å². The molecule has 1 fully saturated rings. The van der Waals surface area contributed by atoms with E-state index in [1.54, 1.807) is 24.3 Å². The Balaban J connectivity index is 1.98. The SMILES string of the molecule is CC1CC(C)CN(C(=O)Nc2ccc(C(N)=O)cc2)C1. The topological polar surface area (TPSA) is 75.4 Å². The van der Waals surface area contributed by atoms with E-state index in [0.29, 0.717) is 23.1 Å². The quantitative estimate of drug-likeness (QED) is 0.869. The summed E-state index contributed by atoms with van der Waals surface area (Å²) in [6.07, 6.45) is 1.16. The Morgan fingerprint density at radius 2 is 1.70 bits per heavy atom. The van der Waals surface area contributed by atoms with Crippen LogP contribution in [0, 0.1) is 11.8 Å². The van der Waals surface area contributed by atoms with Gasteiger partial charge in [0.1, 0.15) is 0 Å². The molecule has 5 nitrogen and oxygen atoms in total. The number of anilines is 1. The van der Waals surface area contributed by atoms with E-state index >= 15 is 0 Å². The summed E-state index contributed by atoms with van der Waals surface area (Å²) in [5.41, 5.74) is 6.28. The van der Waals surface area contributed by atoms with Crippen LogP contribution in [-0.4, -0.2) is 29.9 Å².